The van der Waals surface area contributed by atoms with Crippen molar-refractivity contribution in [3.8, 4) is 18.1 Å². The number of nitrogens with one attached hydrogen (secondary N) is 4. The van der Waals surface area contributed by atoms with Crippen LogP contribution in [0.2, 0.25) is 0 Å². The number of hydrogen-bond acceptors (Lipinski definition) is 19. The predicted molar refractivity (Wildman–Crippen MR) is 346 cm³/mol. The van der Waals surface area contributed by atoms with Crippen molar-refractivity contribution < 1.29 is 71.2 Å². The first-order valence-electron chi connectivity index (χ1n) is 32.4. The quantitative estimate of drug-likeness (QED) is 0.0186. The van der Waals surface area contributed by atoms with Gasteiger partial charge >= 0.3 is 5.97 Å². The van der Waals surface area contributed by atoms with Crippen molar-refractivity contribution in [1.29, 1.82) is 0 Å². The van der Waals surface area contributed by atoms with E-state index in [4.69, 9.17) is 20.6 Å². The van der Waals surface area contributed by atoms with Crippen molar-refractivity contribution in [1.82, 2.24) is 60.6 Å². The number of carbonyl (C=O) groups is 9. The number of pyridine rings is 1. The molecule has 94 heavy (non-hydrogen) atoms. The summed E-state index contributed by atoms with van der Waals surface area (Å²) in [7, 11) is 0. The molecule has 1 aromatic heterocycles. The maximum absolute atomic E-state index is 14.0. The molecule has 0 aliphatic carbocycles. The minimum absolute atomic E-state index is 0.00605. The van der Waals surface area contributed by atoms with Crippen LogP contribution in [0.3, 0.4) is 0 Å². The van der Waals surface area contributed by atoms with E-state index >= 15 is 0 Å². The second-order valence-electron chi connectivity index (χ2n) is 23.9. The molecule has 514 valence electrons. The Hall–Kier alpha value is -8.23. The van der Waals surface area contributed by atoms with Gasteiger partial charge in [-0.2, -0.15) is 0 Å². The topological polar surface area (TPSA) is 298 Å². The average Bonchev–Trinajstić information content (AvgIpc) is 1.32. The number of carboxylic acid groups (broad SMARTS) is 1. The van der Waals surface area contributed by atoms with Gasteiger partial charge in [0.25, 0.3) is 24.8 Å². The standard InChI is InChI=1S/C66H93F2N13O13/c1-4-53-41-66(67,68)45-81(53)62(87)42-72-64(90)55-22-25-70-57-21-20-54(40-56(55)57)94-39-11-26-75-35-37-80(38-36-75)61(86)15-6-5-8-24-71-65(91)58(13-7-9-23-69-51(3)73-59(84)14-10-12-52-18-16-50(2)17-19-52)74-60(85)43-76-27-28-77(44-63(88)89)30-32-79(47-93-49-83)34-33-78(31-29-76)46-92-48-82/h1,16-22,25,40,48-49,53,58H,5-15,23-24,26-39,41-47H2,2-3H3,(H,71,91)(H,72,90)(H,74,85)(H,88,89)(H,69,73,84)/t53-,58?/m0/s1. The number of piperazine rings is 1. The minimum atomic E-state index is -3.10. The number of aliphatic carboxylic acids is 1. The first kappa shape index (κ1) is 74.8. The van der Waals surface area contributed by atoms with E-state index in [9.17, 15) is 57.0 Å². The molecule has 4 heterocycles. The summed E-state index contributed by atoms with van der Waals surface area (Å²) in [6, 6.07) is 13.0. The number of fused-ring (bicyclic) bond motifs is 1. The van der Waals surface area contributed by atoms with Crippen molar-refractivity contribution in [2.75, 3.05) is 144 Å². The summed E-state index contributed by atoms with van der Waals surface area (Å²) < 4.78 is 44.1. The number of carboxylic acids is 1. The van der Waals surface area contributed by atoms with Crippen LogP contribution in [-0.2, 0) is 54.3 Å². The molecule has 2 aromatic carbocycles. The molecular formula is C66H93F2N13O13. The molecule has 5 N–H and O–H groups in total. The van der Waals surface area contributed by atoms with Gasteiger partial charge in [-0.05, 0) is 95.0 Å². The first-order chi connectivity index (χ1) is 45.3. The van der Waals surface area contributed by atoms with Gasteiger partial charge in [-0.15, -0.1) is 6.42 Å². The number of terminal acetylenes is 1. The summed E-state index contributed by atoms with van der Waals surface area (Å²) in [6.07, 6.45) is 12.4. The summed E-state index contributed by atoms with van der Waals surface area (Å²) in [5.41, 5.74) is 3.11. The molecule has 0 spiro atoms. The zero-order chi connectivity index (χ0) is 67.7. The van der Waals surface area contributed by atoms with Crippen molar-refractivity contribution in [2.24, 2.45) is 4.99 Å². The summed E-state index contributed by atoms with van der Waals surface area (Å²) in [6.45, 7) is 9.95. The molecular weight excluding hydrogens is 1220 g/mol. The summed E-state index contributed by atoms with van der Waals surface area (Å²) in [5.74, 6) is -3.00. The van der Waals surface area contributed by atoms with Gasteiger partial charge in [-0.3, -0.25) is 77.6 Å². The van der Waals surface area contributed by atoms with E-state index in [-0.39, 0.29) is 56.4 Å². The fourth-order valence-corrected chi connectivity index (χ4v) is 11.3. The second-order valence-corrected chi connectivity index (χ2v) is 23.9. The van der Waals surface area contributed by atoms with Crippen LogP contribution in [-0.4, -0.2) is 267 Å². The molecule has 3 aromatic rings. The van der Waals surface area contributed by atoms with E-state index in [2.05, 4.69) is 66.3 Å². The minimum Gasteiger partial charge on any atom is -0.494 e. The van der Waals surface area contributed by atoms with Crippen LogP contribution in [0.5, 0.6) is 5.75 Å². The number of hydrogen-bond donors (Lipinski definition) is 5. The third-order valence-electron chi connectivity index (χ3n) is 16.6. The number of nitrogens with zero attached hydrogens (tertiary/aromatic N) is 9. The van der Waals surface area contributed by atoms with Crippen LogP contribution in [0.15, 0.2) is 59.7 Å². The SMILES string of the molecule is C#C[C@H]1CC(F)(F)CN1C(=O)CNC(=O)c1ccnc2ccc(OCCCN3CCN(C(=O)CCCCCNC(=O)C(CCCC/N=C(\C)NC(=O)CCCc4ccc(C)cc4)NC(=O)CN4CCN(COC=O)CCN(COC=O)CCN(CC(=O)O)CC4)CC3)cc12. The second kappa shape index (κ2) is 40.1. The molecule has 3 aliphatic heterocycles. The summed E-state index contributed by atoms with van der Waals surface area (Å²) in [5, 5.41) is 21.5. The fraction of sp³-hybridized carbons (Fsp3) is 0.591. The maximum atomic E-state index is 14.0. The summed E-state index contributed by atoms with van der Waals surface area (Å²) >= 11 is 0. The van der Waals surface area contributed by atoms with E-state index in [1.165, 1.54) is 23.4 Å². The lowest BCUT2D eigenvalue weighted by Gasteiger charge is -2.34. The Labute approximate surface area is 548 Å². The largest absolute Gasteiger partial charge is 0.494 e. The van der Waals surface area contributed by atoms with Crippen LogP contribution in [0.4, 0.5) is 8.78 Å². The average molecular weight is 1310 g/mol. The number of aromatic nitrogens is 1. The van der Waals surface area contributed by atoms with E-state index in [1.807, 2.05) is 26.5 Å². The lowest BCUT2D eigenvalue weighted by Crippen LogP contribution is -2.52. The Bertz CT molecular complexity index is 3040. The van der Waals surface area contributed by atoms with Gasteiger partial charge < -0.3 is 50.4 Å². The molecule has 28 heteroatoms. The van der Waals surface area contributed by atoms with Crippen LogP contribution in [0, 0.1) is 19.3 Å². The number of amidine groups is 1. The Kier molecular flexibility index (Phi) is 31.9. The zero-order valence-corrected chi connectivity index (χ0v) is 54.3. The highest BCUT2D eigenvalue weighted by Gasteiger charge is 2.46. The number of amides is 6. The number of aliphatic imine (C=N–C) groups is 1. The molecule has 0 radical (unpaired) electrons. The highest BCUT2D eigenvalue weighted by Crippen LogP contribution is 2.32. The van der Waals surface area contributed by atoms with E-state index in [0.29, 0.717) is 191 Å². The van der Waals surface area contributed by atoms with Gasteiger partial charge in [0.2, 0.25) is 29.5 Å². The Morgan fingerprint density at radius 2 is 1.41 bits per heavy atom. The van der Waals surface area contributed by atoms with Crippen LogP contribution >= 0.6 is 0 Å². The van der Waals surface area contributed by atoms with Crippen molar-refractivity contribution in [3.63, 3.8) is 0 Å². The normalized spacial score (nSPS) is 17.6. The molecule has 0 saturated carbocycles. The van der Waals surface area contributed by atoms with E-state index in [1.54, 1.807) is 30.0 Å². The van der Waals surface area contributed by atoms with E-state index < -0.39 is 61.2 Å². The third kappa shape index (κ3) is 27.0. The molecule has 0 bridgehead atoms. The molecule has 3 fully saturated rings. The van der Waals surface area contributed by atoms with Crippen LogP contribution < -0.4 is 26.0 Å². The number of rotatable bonds is 35. The highest BCUT2D eigenvalue weighted by atomic mass is 19.3. The van der Waals surface area contributed by atoms with E-state index in [0.717, 1.165) is 17.9 Å². The predicted octanol–water partition coefficient (Wildman–Crippen LogP) is 2.51. The molecule has 1 unspecified atom stereocenters. The molecule has 2 atom stereocenters. The van der Waals surface area contributed by atoms with Gasteiger partial charge in [-0.1, -0.05) is 42.2 Å². The fourth-order valence-electron chi connectivity index (χ4n) is 11.3. The molecule has 3 aliphatic rings. The number of aryl methyl sites for hydroxylation is 2. The van der Waals surface area contributed by atoms with Gasteiger partial charge in [0.1, 0.15) is 25.3 Å². The first-order valence-corrected chi connectivity index (χ1v) is 32.4. The van der Waals surface area contributed by atoms with Gasteiger partial charge in [0.15, 0.2) is 0 Å². The maximum Gasteiger partial charge on any atom is 0.317 e. The molecule has 6 rings (SSSR count). The highest BCUT2D eigenvalue weighted by molar-refractivity contribution is 6.07. The van der Waals surface area contributed by atoms with Crippen molar-refractivity contribution in [3.05, 3.63) is 71.4 Å². The summed E-state index contributed by atoms with van der Waals surface area (Å²) in [4.78, 5) is 135. The number of carbonyl (C=O) groups excluding carboxylic acids is 8. The Balaban J connectivity index is 0.930. The zero-order valence-electron chi connectivity index (χ0n) is 54.3. The van der Waals surface area contributed by atoms with Gasteiger partial charge in [0.05, 0.1) is 55.7 Å². The number of benzene rings is 2. The van der Waals surface area contributed by atoms with Crippen LogP contribution in [0.25, 0.3) is 10.9 Å². The Morgan fingerprint density at radius 1 is 0.755 bits per heavy atom. The van der Waals surface area contributed by atoms with Crippen molar-refractivity contribution >= 4 is 71.1 Å². The molecule has 6 amide bonds. The van der Waals surface area contributed by atoms with Crippen molar-refractivity contribution in [2.45, 2.75) is 109 Å². The Morgan fingerprint density at radius 3 is 2.07 bits per heavy atom. The smallest absolute Gasteiger partial charge is 0.317 e. The number of halogens is 2. The number of alkyl halides is 2. The molecule has 26 nitrogen and oxygen atoms in total. The number of ether oxygens (including phenoxy) is 3. The van der Waals surface area contributed by atoms with Gasteiger partial charge in [-0.25, -0.2) is 8.78 Å². The van der Waals surface area contributed by atoms with Crippen LogP contribution in [0.1, 0.15) is 99.0 Å². The lowest BCUT2D eigenvalue weighted by molar-refractivity contribution is -0.139. The van der Waals surface area contributed by atoms with Gasteiger partial charge in [0, 0.05) is 129 Å². The number of likely N-dealkylation sites (tertiary alicyclic amines) is 1. The molecule has 3 saturated heterocycles. The number of unbranched alkanes of at least 4 members (excludes halogenated alkanes) is 3. The lowest BCUT2D eigenvalue weighted by atomic mass is 10.1. The monoisotopic (exact) mass is 1310 g/mol. The third-order valence-corrected chi connectivity index (χ3v) is 16.6.